The van der Waals surface area contributed by atoms with Gasteiger partial charge in [0.2, 0.25) is 0 Å². The lowest BCUT2D eigenvalue weighted by atomic mass is 10.1. The van der Waals surface area contributed by atoms with Crippen LogP contribution >= 0.6 is 35.0 Å². The highest BCUT2D eigenvalue weighted by Crippen LogP contribution is 2.32. The molecule has 30 heavy (non-hydrogen) atoms. The van der Waals surface area contributed by atoms with Gasteiger partial charge in [0.15, 0.2) is 0 Å². The fourth-order valence-corrected chi connectivity index (χ4v) is 4.61. The zero-order valence-electron chi connectivity index (χ0n) is 16.9. The lowest BCUT2D eigenvalue weighted by Crippen LogP contribution is -2.48. The summed E-state index contributed by atoms with van der Waals surface area (Å²) in [6.45, 7) is 6.62. The Balaban J connectivity index is 1.61. The maximum atomic E-state index is 12.9. The van der Waals surface area contributed by atoms with Crippen LogP contribution < -0.4 is 4.90 Å². The predicted octanol–water partition coefficient (Wildman–Crippen LogP) is 5.00. The molecule has 0 aromatic heterocycles. The molecule has 0 bridgehead atoms. The van der Waals surface area contributed by atoms with E-state index in [4.69, 9.17) is 27.9 Å². The first-order valence-corrected chi connectivity index (χ1v) is 11.4. The first-order chi connectivity index (χ1) is 14.4. The van der Waals surface area contributed by atoms with E-state index < -0.39 is 0 Å². The number of anilines is 1. The third-order valence-corrected chi connectivity index (χ3v) is 6.66. The summed E-state index contributed by atoms with van der Waals surface area (Å²) < 4.78 is 5.03. The van der Waals surface area contributed by atoms with Gasteiger partial charge in [0.05, 0.1) is 11.6 Å². The van der Waals surface area contributed by atoms with Crippen LogP contribution in [0, 0.1) is 0 Å². The van der Waals surface area contributed by atoms with E-state index >= 15 is 0 Å². The van der Waals surface area contributed by atoms with Crippen molar-refractivity contribution in [1.82, 2.24) is 4.90 Å². The maximum Gasteiger partial charge on any atom is 0.319 e. The predicted molar refractivity (Wildman–Crippen MR) is 123 cm³/mol. The van der Waals surface area contributed by atoms with E-state index in [0.29, 0.717) is 35.3 Å². The van der Waals surface area contributed by atoms with Crippen molar-refractivity contribution in [2.75, 3.05) is 37.7 Å². The van der Waals surface area contributed by atoms with Crippen molar-refractivity contribution in [3.05, 3.63) is 58.1 Å². The lowest BCUT2D eigenvalue weighted by molar-refractivity contribution is -0.142. The van der Waals surface area contributed by atoms with Crippen molar-refractivity contribution in [2.45, 2.75) is 24.0 Å². The molecule has 1 atom stereocenters. The van der Waals surface area contributed by atoms with Crippen LogP contribution in [0.5, 0.6) is 0 Å². The molecular weight excluding hydrogens is 443 g/mol. The summed E-state index contributed by atoms with van der Waals surface area (Å²) >= 11 is 13.8. The number of benzene rings is 2. The van der Waals surface area contributed by atoms with E-state index in [1.165, 1.54) is 11.8 Å². The van der Waals surface area contributed by atoms with Gasteiger partial charge in [-0.05, 0) is 50.2 Å². The van der Waals surface area contributed by atoms with Gasteiger partial charge < -0.3 is 14.5 Å². The third-order valence-electron chi connectivity index (χ3n) is 4.84. The molecule has 0 spiro atoms. The Labute approximate surface area is 191 Å². The van der Waals surface area contributed by atoms with Crippen LogP contribution in [0.15, 0.2) is 47.4 Å². The van der Waals surface area contributed by atoms with Crippen molar-refractivity contribution in [3.8, 4) is 0 Å². The van der Waals surface area contributed by atoms with Crippen molar-refractivity contribution in [2.24, 2.45) is 0 Å². The Morgan fingerprint density at radius 1 is 1.10 bits per heavy atom. The van der Waals surface area contributed by atoms with Gasteiger partial charge in [0, 0.05) is 47.3 Å². The number of carbonyl (C=O) groups excluding carboxylic acids is 2. The van der Waals surface area contributed by atoms with Gasteiger partial charge in [0.25, 0.3) is 5.91 Å². The Morgan fingerprint density at radius 2 is 1.83 bits per heavy atom. The second-order valence-corrected chi connectivity index (χ2v) is 9.14. The SMILES string of the molecule is CCOC(=O)C(C)Sc1ccc(C(=O)N2CCN(c3cccc(Cl)c3)CC2)cc1Cl. The Bertz CT molecular complexity index is 917. The molecule has 3 rings (SSSR count). The molecule has 0 aliphatic carbocycles. The molecule has 1 amide bonds. The molecule has 160 valence electrons. The normalized spacial score (nSPS) is 15.1. The summed E-state index contributed by atoms with van der Waals surface area (Å²) in [5.74, 6) is -0.325. The first-order valence-electron chi connectivity index (χ1n) is 9.81. The second kappa shape index (κ2) is 10.4. The Morgan fingerprint density at radius 3 is 2.47 bits per heavy atom. The topological polar surface area (TPSA) is 49.9 Å². The molecule has 1 aliphatic heterocycles. The van der Waals surface area contributed by atoms with Gasteiger partial charge in [-0.1, -0.05) is 29.3 Å². The minimum Gasteiger partial charge on any atom is -0.465 e. The van der Waals surface area contributed by atoms with Gasteiger partial charge in [-0.25, -0.2) is 0 Å². The number of amides is 1. The number of esters is 1. The number of hydrogen-bond acceptors (Lipinski definition) is 5. The minimum atomic E-state index is -0.372. The molecule has 1 fully saturated rings. The van der Waals surface area contributed by atoms with Crippen molar-refractivity contribution >= 4 is 52.5 Å². The van der Waals surface area contributed by atoms with Crippen LogP contribution in [0.4, 0.5) is 5.69 Å². The van der Waals surface area contributed by atoms with Gasteiger partial charge in [-0.2, -0.15) is 0 Å². The number of piperazine rings is 1. The van der Waals surface area contributed by atoms with Crippen LogP contribution in [0.25, 0.3) is 0 Å². The molecule has 1 saturated heterocycles. The number of thioether (sulfide) groups is 1. The van der Waals surface area contributed by atoms with E-state index in [1.54, 1.807) is 32.0 Å². The molecule has 5 nitrogen and oxygen atoms in total. The van der Waals surface area contributed by atoms with Crippen LogP contribution in [-0.2, 0) is 9.53 Å². The van der Waals surface area contributed by atoms with Gasteiger partial charge in [0.1, 0.15) is 5.25 Å². The fourth-order valence-electron chi connectivity index (χ4n) is 3.25. The number of nitrogens with zero attached hydrogens (tertiary/aromatic N) is 2. The standard InChI is InChI=1S/C22H24Cl2N2O3S/c1-3-29-22(28)15(2)30-20-8-7-16(13-19(20)24)21(27)26-11-9-25(10-12-26)18-6-4-5-17(23)14-18/h4-8,13-15H,3,9-12H2,1-2H3. The summed E-state index contributed by atoms with van der Waals surface area (Å²) in [7, 11) is 0. The summed E-state index contributed by atoms with van der Waals surface area (Å²) in [6, 6.07) is 13.0. The zero-order valence-corrected chi connectivity index (χ0v) is 19.3. The summed E-state index contributed by atoms with van der Waals surface area (Å²) in [4.78, 5) is 29.6. The zero-order chi connectivity index (χ0) is 21.7. The first kappa shape index (κ1) is 22.8. The van der Waals surface area contributed by atoms with E-state index in [2.05, 4.69) is 4.90 Å². The monoisotopic (exact) mass is 466 g/mol. The number of hydrogen-bond donors (Lipinski definition) is 0. The van der Waals surface area contributed by atoms with E-state index in [0.717, 1.165) is 23.7 Å². The Hall–Kier alpha value is -1.89. The second-order valence-electron chi connectivity index (χ2n) is 6.92. The molecule has 0 radical (unpaired) electrons. The molecule has 1 heterocycles. The quantitative estimate of drug-likeness (QED) is 0.442. The highest BCUT2D eigenvalue weighted by atomic mass is 35.5. The number of ether oxygens (including phenoxy) is 1. The summed E-state index contributed by atoms with van der Waals surface area (Å²) in [5.41, 5.74) is 1.61. The molecule has 2 aromatic rings. The molecule has 8 heteroatoms. The van der Waals surface area contributed by atoms with Crippen molar-refractivity contribution < 1.29 is 14.3 Å². The molecule has 2 aromatic carbocycles. The highest BCUT2D eigenvalue weighted by Gasteiger charge is 2.24. The average molecular weight is 467 g/mol. The molecule has 0 N–H and O–H groups in total. The molecule has 0 saturated carbocycles. The largest absolute Gasteiger partial charge is 0.465 e. The Kier molecular flexibility index (Phi) is 7.92. The fraction of sp³-hybridized carbons (Fsp3) is 0.364. The molecular formula is C22H24Cl2N2O3S. The average Bonchev–Trinajstić information content (AvgIpc) is 2.75. The van der Waals surface area contributed by atoms with Crippen molar-refractivity contribution in [3.63, 3.8) is 0 Å². The van der Waals surface area contributed by atoms with Gasteiger partial charge in [-0.15, -0.1) is 11.8 Å². The van der Waals surface area contributed by atoms with E-state index in [9.17, 15) is 9.59 Å². The summed E-state index contributed by atoms with van der Waals surface area (Å²) in [6.07, 6.45) is 0. The maximum absolute atomic E-state index is 12.9. The number of halogens is 2. The van der Waals surface area contributed by atoms with Crippen LogP contribution in [0.2, 0.25) is 10.0 Å². The minimum absolute atomic E-state index is 0.0439. The van der Waals surface area contributed by atoms with Crippen LogP contribution in [0.3, 0.4) is 0 Å². The van der Waals surface area contributed by atoms with E-state index in [-0.39, 0.29) is 17.1 Å². The third kappa shape index (κ3) is 5.62. The van der Waals surface area contributed by atoms with E-state index in [1.807, 2.05) is 29.2 Å². The van der Waals surface area contributed by atoms with Crippen LogP contribution in [-0.4, -0.2) is 54.8 Å². The summed E-state index contributed by atoms with van der Waals surface area (Å²) in [5, 5.41) is 0.791. The van der Waals surface area contributed by atoms with Gasteiger partial charge >= 0.3 is 5.97 Å². The highest BCUT2D eigenvalue weighted by molar-refractivity contribution is 8.00. The smallest absolute Gasteiger partial charge is 0.319 e. The molecule has 1 unspecified atom stereocenters. The lowest BCUT2D eigenvalue weighted by Gasteiger charge is -2.36. The number of carbonyl (C=O) groups is 2. The number of rotatable bonds is 6. The van der Waals surface area contributed by atoms with Gasteiger partial charge in [-0.3, -0.25) is 9.59 Å². The molecule has 1 aliphatic rings. The van der Waals surface area contributed by atoms with Crippen molar-refractivity contribution in [1.29, 1.82) is 0 Å². The van der Waals surface area contributed by atoms with Crippen LogP contribution in [0.1, 0.15) is 24.2 Å².